The highest BCUT2D eigenvalue weighted by Gasteiger charge is 2.32. The summed E-state index contributed by atoms with van der Waals surface area (Å²) in [7, 11) is 1.73. The van der Waals surface area contributed by atoms with Crippen molar-refractivity contribution in [3.8, 4) is 0 Å². The van der Waals surface area contributed by atoms with Gasteiger partial charge in [-0.3, -0.25) is 0 Å². The fourth-order valence-corrected chi connectivity index (χ4v) is 3.07. The maximum absolute atomic E-state index is 5.98. The maximum atomic E-state index is 5.98. The average Bonchev–Trinajstić information content (AvgIpc) is 2.95. The maximum Gasteiger partial charge on any atom is 0.162 e. The Bertz CT molecular complexity index is 415. The molecule has 19 heavy (non-hydrogen) atoms. The summed E-state index contributed by atoms with van der Waals surface area (Å²) in [6.07, 6.45) is 6.73. The molecule has 0 saturated heterocycles. The second kappa shape index (κ2) is 5.87. The Hall–Kier alpha value is -1.16. The summed E-state index contributed by atoms with van der Waals surface area (Å²) in [6.45, 7) is 4.21. The van der Waals surface area contributed by atoms with E-state index in [2.05, 4.69) is 18.8 Å². The molecule has 0 aromatic carbocycles. The predicted molar refractivity (Wildman–Crippen MR) is 76.9 cm³/mol. The van der Waals surface area contributed by atoms with Crippen LogP contribution < -0.4 is 5.73 Å². The van der Waals surface area contributed by atoms with Gasteiger partial charge < -0.3 is 10.5 Å². The van der Waals surface area contributed by atoms with E-state index in [0.29, 0.717) is 11.7 Å². The van der Waals surface area contributed by atoms with E-state index < -0.39 is 5.60 Å². The summed E-state index contributed by atoms with van der Waals surface area (Å²) in [5, 5.41) is 0. The van der Waals surface area contributed by atoms with Crippen molar-refractivity contribution in [2.45, 2.75) is 63.9 Å². The summed E-state index contributed by atoms with van der Waals surface area (Å²) in [4.78, 5) is 9.22. The minimum Gasteiger partial charge on any atom is -0.384 e. The van der Waals surface area contributed by atoms with Crippen LogP contribution in [0.4, 0.5) is 5.82 Å². The monoisotopic (exact) mass is 263 g/mol. The lowest BCUT2D eigenvalue weighted by Gasteiger charge is -2.29. The second-order valence-electron chi connectivity index (χ2n) is 5.43. The van der Waals surface area contributed by atoms with Crippen molar-refractivity contribution in [1.29, 1.82) is 0 Å². The van der Waals surface area contributed by atoms with Gasteiger partial charge in [0.15, 0.2) is 5.82 Å². The molecule has 0 bridgehead atoms. The van der Waals surface area contributed by atoms with E-state index in [0.717, 1.165) is 24.4 Å². The Morgan fingerprint density at radius 1 is 1.26 bits per heavy atom. The number of hydrogen-bond donors (Lipinski definition) is 1. The van der Waals surface area contributed by atoms with Gasteiger partial charge in [0.1, 0.15) is 11.4 Å². The summed E-state index contributed by atoms with van der Waals surface area (Å²) < 4.78 is 5.71. The van der Waals surface area contributed by atoms with Gasteiger partial charge in [-0.2, -0.15) is 0 Å². The van der Waals surface area contributed by atoms with E-state index >= 15 is 0 Å². The molecule has 4 heteroatoms. The molecule has 0 atom stereocenters. The lowest BCUT2D eigenvalue weighted by Crippen LogP contribution is -2.30. The molecule has 2 rings (SSSR count). The summed E-state index contributed by atoms with van der Waals surface area (Å²) in [5.74, 6) is 1.87. The fraction of sp³-hybridized carbons (Fsp3) is 0.733. The summed E-state index contributed by atoms with van der Waals surface area (Å²) >= 11 is 0. The van der Waals surface area contributed by atoms with Gasteiger partial charge in [-0.15, -0.1) is 0 Å². The minimum absolute atomic E-state index is 0.400. The number of rotatable bonds is 5. The lowest BCUT2D eigenvalue weighted by atomic mass is 9.95. The molecule has 1 heterocycles. The Labute approximate surface area is 115 Å². The van der Waals surface area contributed by atoms with Crippen molar-refractivity contribution in [3.05, 3.63) is 17.6 Å². The van der Waals surface area contributed by atoms with Crippen molar-refractivity contribution < 1.29 is 4.74 Å². The van der Waals surface area contributed by atoms with Gasteiger partial charge in [0, 0.05) is 24.8 Å². The van der Waals surface area contributed by atoms with Gasteiger partial charge in [0.25, 0.3) is 0 Å². The number of aromatic nitrogens is 2. The van der Waals surface area contributed by atoms with Gasteiger partial charge in [-0.25, -0.2) is 9.97 Å². The highest BCUT2D eigenvalue weighted by molar-refractivity contribution is 5.33. The first-order valence-corrected chi connectivity index (χ1v) is 7.35. The van der Waals surface area contributed by atoms with Crippen LogP contribution in [0.2, 0.25) is 0 Å². The first-order valence-electron chi connectivity index (χ1n) is 7.35. The number of nitrogens with two attached hydrogens (primary N) is 1. The van der Waals surface area contributed by atoms with Crippen molar-refractivity contribution in [2.75, 3.05) is 12.8 Å². The normalized spacial score (nSPS) is 17.0. The quantitative estimate of drug-likeness (QED) is 0.884. The zero-order chi connectivity index (χ0) is 13.9. The molecule has 106 valence electrons. The highest BCUT2D eigenvalue weighted by Crippen LogP contribution is 2.36. The van der Waals surface area contributed by atoms with Crippen LogP contribution in [0.15, 0.2) is 6.07 Å². The number of hydrogen-bond acceptors (Lipinski definition) is 4. The molecule has 1 saturated carbocycles. The van der Waals surface area contributed by atoms with E-state index in [4.69, 9.17) is 15.5 Å². The first kappa shape index (κ1) is 14.3. The first-order chi connectivity index (χ1) is 9.15. The smallest absolute Gasteiger partial charge is 0.162 e. The number of ether oxygens (including phenoxy) is 1. The lowest BCUT2D eigenvalue weighted by molar-refractivity contribution is -0.0292. The molecule has 0 unspecified atom stereocenters. The SMILES string of the molecule is CCC(CC)(OC)c1nc(N)cc(C2CCCC2)n1. The van der Waals surface area contributed by atoms with Gasteiger partial charge in [0.2, 0.25) is 0 Å². The van der Waals surface area contributed by atoms with Gasteiger partial charge >= 0.3 is 0 Å². The van der Waals surface area contributed by atoms with Crippen molar-refractivity contribution in [3.63, 3.8) is 0 Å². The molecule has 4 nitrogen and oxygen atoms in total. The van der Waals surface area contributed by atoms with Crippen LogP contribution in [0.1, 0.15) is 69.8 Å². The summed E-state index contributed by atoms with van der Waals surface area (Å²) in [6, 6.07) is 1.94. The topological polar surface area (TPSA) is 61.0 Å². The Morgan fingerprint density at radius 3 is 2.42 bits per heavy atom. The standard InChI is InChI=1S/C15H25N3O/c1-4-15(5-2,19-3)14-17-12(10-13(16)18-14)11-8-6-7-9-11/h10-11H,4-9H2,1-3H3,(H2,16,17,18). The van der Waals surface area contributed by atoms with Crippen LogP contribution in [-0.4, -0.2) is 17.1 Å². The van der Waals surface area contributed by atoms with Crippen molar-refractivity contribution >= 4 is 5.82 Å². The third kappa shape index (κ3) is 2.73. The molecule has 1 aliphatic rings. The van der Waals surface area contributed by atoms with Gasteiger partial charge in [-0.05, 0) is 25.7 Å². The van der Waals surface area contributed by atoms with Crippen LogP contribution in [-0.2, 0) is 10.3 Å². The average molecular weight is 263 g/mol. The Morgan fingerprint density at radius 2 is 1.89 bits per heavy atom. The molecule has 2 N–H and O–H groups in total. The molecule has 0 radical (unpaired) electrons. The molecule has 0 amide bonds. The third-order valence-electron chi connectivity index (χ3n) is 4.48. The predicted octanol–water partition coefficient (Wildman–Crippen LogP) is 3.38. The van der Waals surface area contributed by atoms with E-state index in [1.165, 1.54) is 25.7 Å². The van der Waals surface area contributed by atoms with E-state index in [-0.39, 0.29) is 0 Å². The van der Waals surface area contributed by atoms with Crippen LogP contribution in [0, 0.1) is 0 Å². The molecule has 0 aliphatic heterocycles. The molecular weight excluding hydrogens is 238 g/mol. The van der Waals surface area contributed by atoms with E-state index in [1.807, 2.05) is 6.07 Å². The molecular formula is C15H25N3O. The zero-order valence-corrected chi connectivity index (χ0v) is 12.3. The Kier molecular flexibility index (Phi) is 4.40. The van der Waals surface area contributed by atoms with Crippen LogP contribution >= 0.6 is 0 Å². The zero-order valence-electron chi connectivity index (χ0n) is 12.3. The number of methoxy groups -OCH3 is 1. The fourth-order valence-electron chi connectivity index (χ4n) is 3.07. The van der Waals surface area contributed by atoms with Crippen molar-refractivity contribution in [2.24, 2.45) is 0 Å². The number of nitrogens with zero attached hydrogens (tertiary/aromatic N) is 2. The number of nitrogen functional groups attached to an aromatic ring is 1. The third-order valence-corrected chi connectivity index (χ3v) is 4.48. The Balaban J connectivity index is 2.40. The second-order valence-corrected chi connectivity index (χ2v) is 5.43. The number of anilines is 1. The van der Waals surface area contributed by atoms with E-state index in [9.17, 15) is 0 Å². The largest absolute Gasteiger partial charge is 0.384 e. The molecule has 1 fully saturated rings. The van der Waals surface area contributed by atoms with Crippen LogP contribution in [0.3, 0.4) is 0 Å². The molecule has 1 aromatic heterocycles. The highest BCUT2D eigenvalue weighted by atomic mass is 16.5. The molecule has 1 aliphatic carbocycles. The van der Waals surface area contributed by atoms with Gasteiger partial charge in [-0.1, -0.05) is 26.7 Å². The summed E-state index contributed by atoms with van der Waals surface area (Å²) in [5.41, 5.74) is 6.68. The molecule has 1 aromatic rings. The minimum atomic E-state index is -0.400. The van der Waals surface area contributed by atoms with Crippen LogP contribution in [0.25, 0.3) is 0 Å². The molecule has 0 spiro atoms. The van der Waals surface area contributed by atoms with Crippen LogP contribution in [0.5, 0.6) is 0 Å². The van der Waals surface area contributed by atoms with Crippen molar-refractivity contribution in [1.82, 2.24) is 9.97 Å². The van der Waals surface area contributed by atoms with E-state index in [1.54, 1.807) is 7.11 Å². The van der Waals surface area contributed by atoms with Gasteiger partial charge in [0.05, 0.1) is 0 Å².